The van der Waals surface area contributed by atoms with Crippen LogP contribution in [0.15, 0.2) is 42.5 Å². The predicted octanol–water partition coefficient (Wildman–Crippen LogP) is 3.28. The van der Waals surface area contributed by atoms with Crippen LogP contribution >= 0.6 is 0 Å². The fourth-order valence-electron chi connectivity index (χ4n) is 3.51. The van der Waals surface area contributed by atoms with Crippen molar-refractivity contribution in [3.8, 4) is 5.75 Å². The number of piperazine rings is 1. The normalized spacial score (nSPS) is 14.3. The number of carbonyl (C=O) groups is 2. The van der Waals surface area contributed by atoms with Gasteiger partial charge in [-0.15, -0.1) is 0 Å². The average molecular weight is 429 g/mol. The molecule has 0 saturated carbocycles. The van der Waals surface area contributed by atoms with E-state index in [1.54, 1.807) is 35.2 Å². The van der Waals surface area contributed by atoms with Gasteiger partial charge in [0.2, 0.25) is 0 Å². The molecule has 1 saturated heterocycles. The van der Waals surface area contributed by atoms with E-state index in [-0.39, 0.29) is 24.3 Å². The number of rotatable bonds is 6. The molecule has 3 rings (SSSR count). The Morgan fingerprint density at radius 2 is 1.87 bits per heavy atom. The number of ether oxygens (including phenoxy) is 1. The summed E-state index contributed by atoms with van der Waals surface area (Å²) in [7, 11) is 3.55. The minimum Gasteiger partial charge on any atom is -0.495 e. The largest absolute Gasteiger partial charge is 0.495 e. The van der Waals surface area contributed by atoms with Crippen molar-refractivity contribution >= 4 is 17.6 Å². The molecule has 1 fully saturated rings. The molecule has 2 aromatic rings. The Bertz CT molecular complexity index is 929. The smallest absolute Gasteiger partial charge is 0.322 e. The van der Waals surface area contributed by atoms with Gasteiger partial charge in [0.05, 0.1) is 12.8 Å². The monoisotopic (exact) mass is 428 g/mol. The maximum atomic E-state index is 13.5. The first-order chi connectivity index (χ1) is 14.9. The summed E-state index contributed by atoms with van der Waals surface area (Å²) in [4.78, 5) is 31.4. The number of methoxy groups -OCH3 is 1. The SMILES string of the molecule is CCN(Cc1cccc(F)c1)C(=O)Nc1cc(C(=O)N2CCN(C)CC2)ccc1OC. The third kappa shape index (κ3) is 5.73. The minimum atomic E-state index is -0.353. The third-order valence-corrected chi connectivity index (χ3v) is 5.41. The van der Waals surface area contributed by atoms with Crippen LogP contribution in [0.4, 0.5) is 14.9 Å². The number of carbonyl (C=O) groups excluding carboxylic acids is 2. The number of halogens is 1. The fourth-order valence-corrected chi connectivity index (χ4v) is 3.51. The van der Waals surface area contributed by atoms with E-state index in [4.69, 9.17) is 4.74 Å². The Balaban J connectivity index is 1.75. The van der Waals surface area contributed by atoms with E-state index in [0.29, 0.717) is 42.2 Å². The van der Waals surface area contributed by atoms with Crippen molar-refractivity contribution in [1.82, 2.24) is 14.7 Å². The summed E-state index contributed by atoms with van der Waals surface area (Å²) in [6.07, 6.45) is 0. The molecule has 166 valence electrons. The number of nitrogens with zero attached hydrogens (tertiary/aromatic N) is 3. The van der Waals surface area contributed by atoms with Gasteiger partial charge in [-0.25, -0.2) is 9.18 Å². The van der Waals surface area contributed by atoms with Crippen LogP contribution in [0.5, 0.6) is 5.75 Å². The Hall–Kier alpha value is -3.13. The molecule has 0 spiro atoms. The van der Waals surface area contributed by atoms with Crippen molar-refractivity contribution < 1.29 is 18.7 Å². The number of likely N-dealkylation sites (N-methyl/N-ethyl adjacent to an activating group) is 1. The highest BCUT2D eigenvalue weighted by atomic mass is 19.1. The number of hydrogen-bond donors (Lipinski definition) is 1. The van der Waals surface area contributed by atoms with E-state index in [2.05, 4.69) is 10.2 Å². The standard InChI is InChI=1S/C23H29FN4O3/c1-4-27(16-17-6-5-7-19(24)14-17)23(30)25-20-15-18(8-9-21(20)31-3)22(29)28-12-10-26(2)11-13-28/h5-9,14-15H,4,10-13,16H2,1-3H3,(H,25,30). The molecule has 0 bridgehead atoms. The first kappa shape index (κ1) is 22.6. The molecule has 1 aliphatic rings. The zero-order valence-electron chi connectivity index (χ0n) is 18.2. The zero-order valence-corrected chi connectivity index (χ0v) is 18.2. The summed E-state index contributed by atoms with van der Waals surface area (Å²) in [6.45, 7) is 5.55. The van der Waals surface area contributed by atoms with Gasteiger partial charge in [0.25, 0.3) is 5.91 Å². The van der Waals surface area contributed by atoms with Crippen molar-refractivity contribution in [1.29, 1.82) is 0 Å². The van der Waals surface area contributed by atoms with E-state index >= 15 is 0 Å². The van der Waals surface area contributed by atoms with E-state index in [9.17, 15) is 14.0 Å². The van der Waals surface area contributed by atoms with Gasteiger partial charge in [0.15, 0.2) is 0 Å². The van der Waals surface area contributed by atoms with Crippen LogP contribution in [-0.4, -0.2) is 73.5 Å². The molecule has 0 atom stereocenters. The second-order valence-corrected chi connectivity index (χ2v) is 7.58. The number of urea groups is 1. The molecule has 2 aromatic carbocycles. The van der Waals surface area contributed by atoms with Gasteiger partial charge in [-0.05, 0) is 49.9 Å². The number of nitrogens with one attached hydrogen (secondary N) is 1. The van der Waals surface area contributed by atoms with Crippen molar-refractivity contribution in [2.24, 2.45) is 0 Å². The van der Waals surface area contributed by atoms with Crippen LogP contribution in [0.1, 0.15) is 22.8 Å². The summed E-state index contributed by atoms with van der Waals surface area (Å²) < 4.78 is 18.9. The Morgan fingerprint density at radius 1 is 1.13 bits per heavy atom. The number of amides is 3. The second-order valence-electron chi connectivity index (χ2n) is 7.58. The molecule has 0 aromatic heterocycles. The molecule has 8 heteroatoms. The molecule has 0 unspecified atom stereocenters. The predicted molar refractivity (Wildman–Crippen MR) is 118 cm³/mol. The van der Waals surface area contributed by atoms with Gasteiger partial charge < -0.3 is 24.8 Å². The summed E-state index contributed by atoms with van der Waals surface area (Å²) in [5.74, 6) is 0.0502. The van der Waals surface area contributed by atoms with E-state index in [1.165, 1.54) is 19.2 Å². The highest BCUT2D eigenvalue weighted by molar-refractivity contribution is 5.98. The lowest BCUT2D eigenvalue weighted by Crippen LogP contribution is -2.47. The molecular formula is C23H29FN4O3. The lowest BCUT2D eigenvalue weighted by Gasteiger charge is -2.32. The van der Waals surface area contributed by atoms with Crippen LogP contribution in [0.2, 0.25) is 0 Å². The quantitative estimate of drug-likeness (QED) is 0.767. The molecule has 3 amide bonds. The Morgan fingerprint density at radius 3 is 2.52 bits per heavy atom. The van der Waals surface area contributed by atoms with Crippen molar-refractivity contribution in [3.05, 3.63) is 59.4 Å². The van der Waals surface area contributed by atoms with Crippen LogP contribution in [-0.2, 0) is 6.54 Å². The number of benzene rings is 2. The maximum Gasteiger partial charge on any atom is 0.322 e. The van der Waals surface area contributed by atoms with Crippen molar-refractivity contribution in [2.75, 3.05) is 52.2 Å². The highest BCUT2D eigenvalue weighted by Crippen LogP contribution is 2.27. The summed E-state index contributed by atoms with van der Waals surface area (Å²) in [5.41, 5.74) is 1.61. The minimum absolute atomic E-state index is 0.0710. The van der Waals surface area contributed by atoms with E-state index in [1.807, 2.05) is 18.9 Å². The maximum absolute atomic E-state index is 13.5. The van der Waals surface area contributed by atoms with Gasteiger partial charge in [-0.1, -0.05) is 12.1 Å². The van der Waals surface area contributed by atoms with Gasteiger partial charge >= 0.3 is 6.03 Å². The fraction of sp³-hybridized carbons (Fsp3) is 0.391. The lowest BCUT2D eigenvalue weighted by atomic mass is 10.1. The van der Waals surface area contributed by atoms with Crippen LogP contribution in [0.25, 0.3) is 0 Å². The third-order valence-electron chi connectivity index (χ3n) is 5.41. The van der Waals surface area contributed by atoms with Crippen LogP contribution in [0.3, 0.4) is 0 Å². The first-order valence-electron chi connectivity index (χ1n) is 10.4. The average Bonchev–Trinajstić information content (AvgIpc) is 2.77. The second kappa shape index (κ2) is 10.3. The Kier molecular flexibility index (Phi) is 7.46. The van der Waals surface area contributed by atoms with Gasteiger partial charge in [-0.2, -0.15) is 0 Å². The molecular weight excluding hydrogens is 399 g/mol. The number of anilines is 1. The van der Waals surface area contributed by atoms with Crippen molar-refractivity contribution in [2.45, 2.75) is 13.5 Å². The molecule has 7 nitrogen and oxygen atoms in total. The van der Waals surface area contributed by atoms with Gasteiger partial charge in [-0.3, -0.25) is 4.79 Å². The van der Waals surface area contributed by atoms with Crippen molar-refractivity contribution in [3.63, 3.8) is 0 Å². The van der Waals surface area contributed by atoms with Gasteiger partial charge in [0, 0.05) is 44.8 Å². The first-order valence-corrected chi connectivity index (χ1v) is 10.4. The lowest BCUT2D eigenvalue weighted by molar-refractivity contribution is 0.0664. The number of hydrogen-bond acceptors (Lipinski definition) is 4. The van der Waals surface area contributed by atoms with E-state index < -0.39 is 0 Å². The zero-order chi connectivity index (χ0) is 22.4. The molecule has 0 aliphatic carbocycles. The summed E-state index contributed by atoms with van der Waals surface area (Å²) in [5, 5.41) is 2.84. The van der Waals surface area contributed by atoms with Gasteiger partial charge in [0.1, 0.15) is 11.6 Å². The molecule has 31 heavy (non-hydrogen) atoms. The molecule has 1 aliphatic heterocycles. The van der Waals surface area contributed by atoms with Crippen LogP contribution < -0.4 is 10.1 Å². The Labute approximate surface area is 182 Å². The highest BCUT2D eigenvalue weighted by Gasteiger charge is 2.22. The summed E-state index contributed by atoms with van der Waals surface area (Å²) in [6, 6.07) is 10.9. The molecule has 0 radical (unpaired) electrons. The molecule has 1 heterocycles. The molecule has 1 N–H and O–H groups in total. The summed E-state index contributed by atoms with van der Waals surface area (Å²) >= 11 is 0. The van der Waals surface area contributed by atoms with E-state index in [0.717, 1.165) is 13.1 Å². The topological polar surface area (TPSA) is 65.1 Å². The van der Waals surface area contributed by atoms with Crippen LogP contribution in [0, 0.1) is 5.82 Å².